The molecule has 0 saturated heterocycles. The second-order valence-electron chi connectivity index (χ2n) is 4.51. The van der Waals surface area contributed by atoms with E-state index in [9.17, 15) is 4.79 Å². The monoisotopic (exact) mass is 286 g/mol. The molecule has 5 nitrogen and oxygen atoms in total. The SMILES string of the molecule is Cc1nc(CC(=O)NCc2cccn3nccc23)cs1. The molecule has 3 aromatic rings. The summed E-state index contributed by atoms with van der Waals surface area (Å²) in [4.78, 5) is 16.2. The van der Waals surface area contributed by atoms with Crippen molar-refractivity contribution in [1.29, 1.82) is 0 Å². The number of carbonyl (C=O) groups excluding carboxylic acids is 1. The number of nitrogens with one attached hydrogen (secondary N) is 1. The molecular weight excluding hydrogens is 272 g/mol. The first-order valence-corrected chi connectivity index (χ1v) is 7.19. The van der Waals surface area contributed by atoms with Crippen molar-refractivity contribution in [2.75, 3.05) is 0 Å². The molecule has 1 amide bonds. The molecule has 3 rings (SSSR count). The maximum absolute atomic E-state index is 11.9. The van der Waals surface area contributed by atoms with Crippen LogP contribution in [0.2, 0.25) is 0 Å². The molecule has 0 aliphatic rings. The van der Waals surface area contributed by atoms with Gasteiger partial charge in [0.25, 0.3) is 0 Å². The summed E-state index contributed by atoms with van der Waals surface area (Å²) in [5.74, 6) is -0.0168. The van der Waals surface area contributed by atoms with E-state index in [4.69, 9.17) is 0 Å². The van der Waals surface area contributed by atoms with Crippen LogP contribution in [0.3, 0.4) is 0 Å². The highest BCUT2D eigenvalue weighted by Gasteiger charge is 2.07. The van der Waals surface area contributed by atoms with E-state index < -0.39 is 0 Å². The summed E-state index contributed by atoms with van der Waals surface area (Å²) in [6.07, 6.45) is 3.96. The van der Waals surface area contributed by atoms with Crippen molar-refractivity contribution < 1.29 is 4.79 Å². The van der Waals surface area contributed by atoms with Gasteiger partial charge in [-0.2, -0.15) is 5.10 Å². The van der Waals surface area contributed by atoms with E-state index in [0.717, 1.165) is 21.8 Å². The minimum Gasteiger partial charge on any atom is -0.352 e. The van der Waals surface area contributed by atoms with Gasteiger partial charge in [-0.05, 0) is 24.6 Å². The molecule has 0 atom stereocenters. The molecule has 0 spiro atoms. The first kappa shape index (κ1) is 12.8. The van der Waals surface area contributed by atoms with Crippen LogP contribution < -0.4 is 5.32 Å². The van der Waals surface area contributed by atoms with E-state index in [0.29, 0.717) is 13.0 Å². The Bertz CT molecular complexity index is 746. The average Bonchev–Trinajstić information content (AvgIpc) is 3.05. The van der Waals surface area contributed by atoms with Crippen LogP contribution in [0.15, 0.2) is 36.0 Å². The van der Waals surface area contributed by atoms with Crippen LogP contribution in [0.25, 0.3) is 5.52 Å². The van der Waals surface area contributed by atoms with E-state index in [1.807, 2.05) is 36.7 Å². The number of pyridine rings is 1. The number of amides is 1. The fraction of sp³-hybridized carbons (Fsp3) is 0.214. The third-order valence-electron chi connectivity index (χ3n) is 3.01. The number of hydrogen-bond acceptors (Lipinski definition) is 4. The maximum Gasteiger partial charge on any atom is 0.226 e. The molecule has 0 radical (unpaired) electrons. The van der Waals surface area contributed by atoms with E-state index >= 15 is 0 Å². The third kappa shape index (κ3) is 2.70. The van der Waals surface area contributed by atoms with Crippen LogP contribution in [0, 0.1) is 6.92 Å². The Balaban J connectivity index is 1.64. The standard InChI is InChI=1S/C14H14N4OS/c1-10-17-12(9-20-10)7-14(19)15-8-11-3-2-6-18-13(11)4-5-16-18/h2-6,9H,7-8H2,1H3,(H,15,19). The predicted octanol–water partition coefficient (Wildman–Crippen LogP) is 1.96. The lowest BCUT2D eigenvalue weighted by Gasteiger charge is -2.06. The minimum atomic E-state index is -0.0168. The fourth-order valence-corrected chi connectivity index (χ4v) is 2.69. The molecule has 20 heavy (non-hydrogen) atoms. The van der Waals surface area contributed by atoms with E-state index in [1.165, 1.54) is 0 Å². The molecule has 0 unspecified atom stereocenters. The van der Waals surface area contributed by atoms with Crippen LogP contribution in [-0.4, -0.2) is 20.5 Å². The summed E-state index contributed by atoms with van der Waals surface area (Å²) >= 11 is 1.56. The van der Waals surface area contributed by atoms with Gasteiger partial charge in [0.05, 0.1) is 22.6 Å². The summed E-state index contributed by atoms with van der Waals surface area (Å²) in [6.45, 7) is 2.43. The zero-order valence-corrected chi connectivity index (χ0v) is 11.9. The number of carbonyl (C=O) groups is 1. The lowest BCUT2D eigenvalue weighted by atomic mass is 10.2. The summed E-state index contributed by atoms with van der Waals surface area (Å²) in [5, 5.41) is 10.0. The average molecular weight is 286 g/mol. The number of thiazole rings is 1. The molecule has 3 heterocycles. The molecule has 0 aromatic carbocycles. The van der Waals surface area contributed by atoms with Crippen molar-refractivity contribution in [2.45, 2.75) is 19.9 Å². The van der Waals surface area contributed by atoms with Gasteiger partial charge in [0, 0.05) is 24.3 Å². The molecule has 0 fully saturated rings. The minimum absolute atomic E-state index is 0.0168. The van der Waals surface area contributed by atoms with Gasteiger partial charge in [0.15, 0.2) is 0 Å². The Morgan fingerprint density at radius 2 is 2.35 bits per heavy atom. The smallest absolute Gasteiger partial charge is 0.226 e. The van der Waals surface area contributed by atoms with Gasteiger partial charge < -0.3 is 5.32 Å². The molecule has 0 aliphatic heterocycles. The molecule has 1 N–H and O–H groups in total. The van der Waals surface area contributed by atoms with Crippen molar-refractivity contribution >= 4 is 22.8 Å². The number of rotatable bonds is 4. The number of hydrogen-bond donors (Lipinski definition) is 1. The number of aromatic nitrogens is 3. The first-order valence-electron chi connectivity index (χ1n) is 6.31. The molecule has 3 aromatic heterocycles. The second-order valence-corrected chi connectivity index (χ2v) is 5.57. The fourth-order valence-electron chi connectivity index (χ4n) is 2.07. The first-order chi connectivity index (χ1) is 9.72. The highest BCUT2D eigenvalue weighted by Crippen LogP contribution is 2.10. The van der Waals surface area contributed by atoms with Crippen LogP contribution in [0.1, 0.15) is 16.3 Å². The van der Waals surface area contributed by atoms with Gasteiger partial charge in [-0.25, -0.2) is 9.50 Å². The maximum atomic E-state index is 11.9. The predicted molar refractivity (Wildman–Crippen MR) is 77.6 cm³/mol. The van der Waals surface area contributed by atoms with Crippen LogP contribution in [0.5, 0.6) is 0 Å². The van der Waals surface area contributed by atoms with Gasteiger partial charge in [-0.15, -0.1) is 11.3 Å². The van der Waals surface area contributed by atoms with Crippen LogP contribution in [-0.2, 0) is 17.8 Å². The van der Waals surface area contributed by atoms with E-state index in [-0.39, 0.29) is 5.91 Å². The van der Waals surface area contributed by atoms with Crippen LogP contribution in [0.4, 0.5) is 0 Å². The Morgan fingerprint density at radius 3 is 3.15 bits per heavy atom. The molecule has 0 bridgehead atoms. The summed E-state index contributed by atoms with van der Waals surface area (Å²) in [6, 6.07) is 5.85. The molecular formula is C14H14N4OS. The zero-order valence-electron chi connectivity index (χ0n) is 11.0. The third-order valence-corrected chi connectivity index (χ3v) is 3.83. The summed E-state index contributed by atoms with van der Waals surface area (Å²) in [7, 11) is 0. The normalized spacial score (nSPS) is 10.8. The number of nitrogens with zero attached hydrogens (tertiary/aromatic N) is 3. The van der Waals surface area contributed by atoms with Crippen molar-refractivity contribution in [2.24, 2.45) is 0 Å². The van der Waals surface area contributed by atoms with Crippen LogP contribution >= 0.6 is 11.3 Å². The van der Waals surface area contributed by atoms with Gasteiger partial charge >= 0.3 is 0 Å². The molecule has 6 heteroatoms. The molecule has 102 valence electrons. The van der Waals surface area contributed by atoms with Crippen molar-refractivity contribution in [3.63, 3.8) is 0 Å². The zero-order chi connectivity index (χ0) is 13.9. The number of fused-ring (bicyclic) bond motifs is 1. The highest BCUT2D eigenvalue weighted by molar-refractivity contribution is 7.09. The van der Waals surface area contributed by atoms with Crippen molar-refractivity contribution in [3.8, 4) is 0 Å². The summed E-state index contributed by atoms with van der Waals surface area (Å²) < 4.78 is 1.80. The molecule has 0 saturated carbocycles. The Kier molecular flexibility index (Phi) is 3.47. The lowest BCUT2D eigenvalue weighted by Crippen LogP contribution is -2.24. The van der Waals surface area contributed by atoms with Gasteiger partial charge in [0.2, 0.25) is 5.91 Å². The van der Waals surface area contributed by atoms with Gasteiger partial charge in [-0.3, -0.25) is 4.79 Å². The van der Waals surface area contributed by atoms with Gasteiger partial charge in [0.1, 0.15) is 0 Å². The quantitative estimate of drug-likeness (QED) is 0.797. The summed E-state index contributed by atoms with van der Waals surface area (Å²) in [5.41, 5.74) is 2.89. The highest BCUT2D eigenvalue weighted by atomic mass is 32.1. The Morgan fingerprint density at radius 1 is 1.45 bits per heavy atom. The second kappa shape index (κ2) is 5.42. The molecule has 0 aliphatic carbocycles. The van der Waals surface area contributed by atoms with Gasteiger partial charge in [-0.1, -0.05) is 6.07 Å². The Labute approximate surface area is 120 Å². The number of aryl methyl sites for hydroxylation is 1. The Hall–Kier alpha value is -2.21. The largest absolute Gasteiger partial charge is 0.352 e. The van der Waals surface area contributed by atoms with E-state index in [1.54, 1.807) is 22.0 Å². The lowest BCUT2D eigenvalue weighted by molar-refractivity contribution is -0.120. The van der Waals surface area contributed by atoms with Crippen molar-refractivity contribution in [3.05, 3.63) is 52.2 Å². The topological polar surface area (TPSA) is 59.3 Å². The van der Waals surface area contributed by atoms with Crippen molar-refractivity contribution in [1.82, 2.24) is 19.9 Å². The van der Waals surface area contributed by atoms with E-state index in [2.05, 4.69) is 15.4 Å².